The van der Waals surface area contributed by atoms with E-state index < -0.39 is 34.8 Å². The topological polar surface area (TPSA) is 60.3 Å². The van der Waals surface area contributed by atoms with Crippen LogP contribution in [0.3, 0.4) is 0 Å². The van der Waals surface area contributed by atoms with Crippen LogP contribution in [-0.2, 0) is 18.0 Å². The molecule has 0 saturated carbocycles. The molecule has 1 aromatic heterocycles. The van der Waals surface area contributed by atoms with Crippen molar-refractivity contribution in [1.82, 2.24) is 4.57 Å². The number of carbonyl (C=O) groups excluding carboxylic acids is 2. The van der Waals surface area contributed by atoms with Crippen LogP contribution >= 0.6 is 0 Å². The van der Waals surface area contributed by atoms with Gasteiger partial charge in [-0.2, -0.15) is 13.2 Å². The summed E-state index contributed by atoms with van der Waals surface area (Å²) in [5.41, 5.74) is -0.703. The van der Waals surface area contributed by atoms with Crippen LogP contribution < -0.4 is 5.32 Å². The fourth-order valence-corrected chi connectivity index (χ4v) is 3.21. The molecule has 0 aliphatic heterocycles. The molecule has 5 nitrogen and oxygen atoms in total. The van der Waals surface area contributed by atoms with Crippen LogP contribution in [0.2, 0.25) is 0 Å². The van der Waals surface area contributed by atoms with Crippen LogP contribution in [0, 0.1) is 5.82 Å². The first kappa shape index (κ1) is 22.2. The Hall–Kier alpha value is -3.46. The van der Waals surface area contributed by atoms with E-state index in [2.05, 4.69) is 5.32 Å². The summed E-state index contributed by atoms with van der Waals surface area (Å²) in [5, 5.41) is 2.46. The lowest BCUT2D eigenvalue weighted by atomic mass is 9.95. The second-order valence-corrected chi connectivity index (χ2v) is 6.79. The molecular formula is C22H18F4N2O3. The van der Waals surface area contributed by atoms with Crippen molar-refractivity contribution >= 4 is 17.4 Å². The van der Waals surface area contributed by atoms with Crippen LogP contribution in [0.4, 0.5) is 23.2 Å². The van der Waals surface area contributed by atoms with Crippen molar-refractivity contribution in [2.45, 2.75) is 6.18 Å². The normalized spacial score (nSPS) is 11.4. The zero-order chi connectivity index (χ0) is 22.8. The summed E-state index contributed by atoms with van der Waals surface area (Å²) in [6, 6.07) is 9.62. The number of Topliss-reactive ketones (excluding diaryl/α,β-unsaturated/α-hetero) is 1. The van der Waals surface area contributed by atoms with Gasteiger partial charge >= 0.3 is 6.18 Å². The lowest BCUT2D eigenvalue weighted by molar-refractivity contribution is -0.137. The number of alkyl halides is 3. The van der Waals surface area contributed by atoms with Gasteiger partial charge < -0.3 is 14.6 Å². The van der Waals surface area contributed by atoms with Crippen molar-refractivity contribution in [1.29, 1.82) is 0 Å². The summed E-state index contributed by atoms with van der Waals surface area (Å²) in [6.45, 7) is -0.248. The van der Waals surface area contributed by atoms with E-state index in [1.165, 1.54) is 56.6 Å². The van der Waals surface area contributed by atoms with E-state index in [9.17, 15) is 27.2 Å². The third kappa shape index (κ3) is 4.83. The number of aryl methyl sites for hydroxylation is 1. The lowest BCUT2D eigenvalue weighted by Gasteiger charge is -2.16. The van der Waals surface area contributed by atoms with E-state index >= 15 is 0 Å². The third-order valence-electron chi connectivity index (χ3n) is 4.53. The van der Waals surface area contributed by atoms with Gasteiger partial charge in [0.15, 0.2) is 5.78 Å². The molecule has 1 N–H and O–H groups in total. The summed E-state index contributed by atoms with van der Waals surface area (Å²) in [5.74, 6) is -1.91. The molecule has 3 rings (SSSR count). The number of benzene rings is 2. The maximum atomic E-state index is 13.4. The zero-order valence-electron chi connectivity index (χ0n) is 16.6. The highest BCUT2D eigenvalue weighted by Crippen LogP contribution is 2.35. The number of hydrogen-bond acceptors (Lipinski definition) is 3. The summed E-state index contributed by atoms with van der Waals surface area (Å²) in [4.78, 5) is 25.3. The van der Waals surface area contributed by atoms with Crippen molar-refractivity contribution in [3.05, 3.63) is 77.4 Å². The first-order chi connectivity index (χ1) is 14.6. The summed E-state index contributed by atoms with van der Waals surface area (Å²) < 4.78 is 59.4. The Labute approximate surface area is 175 Å². The molecule has 1 heterocycles. The number of anilines is 1. The predicted molar refractivity (Wildman–Crippen MR) is 106 cm³/mol. The Balaban J connectivity index is 2.10. The molecule has 1 amide bonds. The van der Waals surface area contributed by atoms with Gasteiger partial charge in [-0.15, -0.1) is 0 Å². The number of amides is 1. The number of aromatic nitrogens is 1. The summed E-state index contributed by atoms with van der Waals surface area (Å²) in [7, 11) is 2.72. The Morgan fingerprint density at radius 1 is 1.03 bits per heavy atom. The van der Waals surface area contributed by atoms with E-state index in [0.29, 0.717) is 5.56 Å². The number of ketones is 1. The van der Waals surface area contributed by atoms with E-state index in [1.807, 2.05) is 0 Å². The van der Waals surface area contributed by atoms with Crippen LogP contribution in [0.25, 0.3) is 11.1 Å². The van der Waals surface area contributed by atoms with Gasteiger partial charge in [-0.25, -0.2) is 4.39 Å². The quantitative estimate of drug-likeness (QED) is 0.442. The van der Waals surface area contributed by atoms with Gasteiger partial charge in [-0.1, -0.05) is 24.3 Å². The van der Waals surface area contributed by atoms with Crippen molar-refractivity contribution in [3.8, 4) is 11.1 Å². The Morgan fingerprint density at radius 2 is 1.71 bits per heavy atom. The van der Waals surface area contributed by atoms with Crippen molar-refractivity contribution < 1.29 is 31.9 Å². The molecule has 3 aromatic rings. The van der Waals surface area contributed by atoms with Gasteiger partial charge in [0.05, 0.1) is 11.1 Å². The number of halogens is 4. The number of carbonyl (C=O) groups is 2. The van der Waals surface area contributed by atoms with Crippen molar-refractivity contribution in [3.63, 3.8) is 0 Å². The number of nitrogens with one attached hydrogen (secondary N) is 1. The Kier molecular flexibility index (Phi) is 6.26. The number of nitrogens with zero attached hydrogens (tertiary/aromatic N) is 1. The molecule has 0 bridgehead atoms. The molecule has 0 fully saturated rings. The molecule has 2 aromatic carbocycles. The van der Waals surface area contributed by atoms with E-state index in [4.69, 9.17) is 4.74 Å². The first-order valence-corrected chi connectivity index (χ1v) is 9.07. The molecule has 0 aliphatic rings. The fourth-order valence-electron chi connectivity index (χ4n) is 3.21. The van der Waals surface area contributed by atoms with Gasteiger partial charge in [0.1, 0.15) is 12.4 Å². The van der Waals surface area contributed by atoms with Crippen molar-refractivity contribution in [2.24, 2.45) is 7.05 Å². The molecule has 0 aliphatic carbocycles. The van der Waals surface area contributed by atoms with Gasteiger partial charge in [-0.3, -0.25) is 9.59 Å². The van der Waals surface area contributed by atoms with E-state index in [-0.39, 0.29) is 23.4 Å². The average Bonchev–Trinajstić information content (AvgIpc) is 3.11. The predicted octanol–water partition coefficient (Wildman–Crippen LogP) is 4.93. The first-order valence-electron chi connectivity index (χ1n) is 9.07. The number of rotatable bonds is 6. The van der Waals surface area contributed by atoms with Gasteiger partial charge in [0.2, 0.25) is 0 Å². The molecule has 0 saturated heterocycles. The molecule has 0 atom stereocenters. The zero-order valence-corrected chi connectivity index (χ0v) is 16.6. The van der Waals surface area contributed by atoms with Crippen molar-refractivity contribution in [2.75, 3.05) is 19.0 Å². The maximum absolute atomic E-state index is 13.4. The van der Waals surface area contributed by atoms with Gasteiger partial charge in [0.25, 0.3) is 5.91 Å². The monoisotopic (exact) mass is 434 g/mol. The third-order valence-corrected chi connectivity index (χ3v) is 4.53. The highest BCUT2D eigenvalue weighted by atomic mass is 19.4. The smallest absolute Gasteiger partial charge is 0.377 e. The Morgan fingerprint density at radius 3 is 2.32 bits per heavy atom. The average molecular weight is 434 g/mol. The Bertz CT molecular complexity index is 1120. The molecular weight excluding hydrogens is 416 g/mol. The van der Waals surface area contributed by atoms with Gasteiger partial charge in [0, 0.05) is 43.4 Å². The second kappa shape index (κ2) is 8.73. The summed E-state index contributed by atoms with van der Waals surface area (Å²) in [6.07, 6.45) is -2.84. The molecule has 9 heteroatoms. The number of hydrogen-bond donors (Lipinski definition) is 1. The number of ether oxygens (including phenoxy) is 1. The minimum atomic E-state index is -4.72. The largest absolute Gasteiger partial charge is 0.418 e. The summed E-state index contributed by atoms with van der Waals surface area (Å²) >= 11 is 0. The van der Waals surface area contributed by atoms with Gasteiger partial charge in [-0.05, 0) is 23.8 Å². The van der Waals surface area contributed by atoms with E-state index in [1.54, 1.807) is 0 Å². The molecule has 31 heavy (non-hydrogen) atoms. The standard InChI is InChI=1S/C22H18F4N2O3/c1-28-10-16(17(11-28)22(24,25)26)21(30)27-18-5-3-4-15(19(29)12-31-2)20(18)13-6-8-14(23)9-7-13/h3-11H,12H2,1-2H3,(H,27,30). The lowest BCUT2D eigenvalue weighted by Crippen LogP contribution is -2.18. The molecule has 0 spiro atoms. The van der Waals surface area contributed by atoms with E-state index in [0.717, 1.165) is 17.0 Å². The van der Waals surface area contributed by atoms with Crippen LogP contribution in [0.5, 0.6) is 0 Å². The van der Waals surface area contributed by atoms with Crippen LogP contribution in [-0.4, -0.2) is 30.0 Å². The minimum Gasteiger partial charge on any atom is -0.377 e. The highest BCUT2D eigenvalue weighted by molar-refractivity contribution is 6.11. The minimum absolute atomic E-state index is 0.107. The maximum Gasteiger partial charge on any atom is 0.418 e. The fraction of sp³-hybridized carbons (Fsp3) is 0.182. The van der Waals surface area contributed by atoms with Crippen LogP contribution in [0.1, 0.15) is 26.3 Å². The molecule has 0 unspecified atom stereocenters. The molecule has 162 valence electrons. The SMILES string of the molecule is COCC(=O)c1cccc(NC(=O)c2cn(C)cc2C(F)(F)F)c1-c1ccc(F)cc1. The number of methoxy groups -OCH3 is 1. The van der Waals surface area contributed by atoms with Crippen LogP contribution in [0.15, 0.2) is 54.9 Å². The second-order valence-electron chi connectivity index (χ2n) is 6.79. The molecule has 0 radical (unpaired) electrons. The highest BCUT2D eigenvalue weighted by Gasteiger charge is 2.36.